The SMILES string of the molecule is O=C(OCN1C(=O)CCc2ccc(OCCCCC3CN(c4cccc5sccc45)CCN3)cc21)C1CCOCC1. The van der Waals surface area contributed by atoms with Crippen LogP contribution < -0.4 is 19.9 Å². The fraction of sp³-hybridized carbons (Fsp3) is 0.500. The quantitative estimate of drug-likeness (QED) is 0.264. The number of aryl methyl sites for hydroxylation is 1. The van der Waals surface area contributed by atoms with E-state index in [1.807, 2.05) is 18.2 Å². The van der Waals surface area contributed by atoms with E-state index in [1.54, 1.807) is 16.2 Å². The number of carbonyl (C=O) groups excluding carboxylic acids is 2. The first-order chi connectivity index (χ1) is 20.2. The molecule has 3 aromatic rings. The predicted molar refractivity (Wildman–Crippen MR) is 162 cm³/mol. The van der Waals surface area contributed by atoms with Crippen molar-refractivity contribution in [3.05, 3.63) is 53.4 Å². The zero-order valence-corrected chi connectivity index (χ0v) is 24.3. The largest absolute Gasteiger partial charge is 0.494 e. The monoisotopic (exact) mass is 577 g/mol. The van der Waals surface area contributed by atoms with E-state index in [1.165, 1.54) is 15.8 Å². The number of nitrogens with one attached hydrogen (secondary N) is 1. The first-order valence-corrected chi connectivity index (χ1v) is 15.8. The van der Waals surface area contributed by atoms with Crippen molar-refractivity contribution in [2.45, 2.75) is 51.0 Å². The molecule has 0 saturated carbocycles. The van der Waals surface area contributed by atoms with E-state index in [9.17, 15) is 9.59 Å². The van der Waals surface area contributed by atoms with Crippen LogP contribution in [0.3, 0.4) is 0 Å². The van der Waals surface area contributed by atoms with Crippen LogP contribution in [0.2, 0.25) is 0 Å². The van der Waals surface area contributed by atoms with Crippen molar-refractivity contribution in [2.75, 3.05) is 56.0 Å². The van der Waals surface area contributed by atoms with Gasteiger partial charge in [0.05, 0.1) is 18.2 Å². The van der Waals surface area contributed by atoms with Gasteiger partial charge in [-0.1, -0.05) is 12.1 Å². The molecule has 9 heteroatoms. The summed E-state index contributed by atoms with van der Waals surface area (Å²) in [6.45, 7) is 4.76. The zero-order valence-electron chi connectivity index (χ0n) is 23.5. The highest BCUT2D eigenvalue weighted by molar-refractivity contribution is 7.17. The summed E-state index contributed by atoms with van der Waals surface area (Å²) in [6.07, 6.45) is 5.57. The van der Waals surface area contributed by atoms with E-state index in [0.717, 1.165) is 55.9 Å². The summed E-state index contributed by atoms with van der Waals surface area (Å²) in [4.78, 5) is 29.4. The molecular weight excluding hydrogens is 538 g/mol. The molecule has 8 nitrogen and oxygen atoms in total. The van der Waals surface area contributed by atoms with E-state index in [0.29, 0.717) is 51.5 Å². The number of unbranched alkanes of at least 4 members (excludes halogenated alkanes) is 1. The van der Waals surface area contributed by atoms with Gasteiger partial charge in [-0.2, -0.15) is 0 Å². The Morgan fingerprint density at radius 1 is 1.07 bits per heavy atom. The molecule has 3 aliphatic rings. The number of esters is 1. The molecule has 2 aromatic carbocycles. The number of amides is 1. The van der Waals surface area contributed by atoms with Crippen LogP contribution in [0.4, 0.5) is 11.4 Å². The summed E-state index contributed by atoms with van der Waals surface area (Å²) >= 11 is 1.80. The van der Waals surface area contributed by atoms with Crippen LogP contribution in [0.5, 0.6) is 5.75 Å². The van der Waals surface area contributed by atoms with E-state index >= 15 is 0 Å². The lowest BCUT2D eigenvalue weighted by Crippen LogP contribution is -2.50. The molecule has 1 atom stereocenters. The van der Waals surface area contributed by atoms with Crippen molar-refractivity contribution in [2.24, 2.45) is 5.92 Å². The Morgan fingerprint density at radius 3 is 2.88 bits per heavy atom. The molecule has 2 saturated heterocycles. The minimum atomic E-state index is -0.250. The van der Waals surface area contributed by atoms with Gasteiger partial charge in [-0.15, -0.1) is 11.3 Å². The van der Waals surface area contributed by atoms with Gasteiger partial charge >= 0.3 is 5.97 Å². The summed E-state index contributed by atoms with van der Waals surface area (Å²) in [5, 5.41) is 7.23. The van der Waals surface area contributed by atoms with Crippen LogP contribution in [-0.4, -0.2) is 64.1 Å². The van der Waals surface area contributed by atoms with Crippen LogP contribution in [-0.2, 0) is 25.5 Å². The normalized spacial score (nSPS) is 19.8. The average Bonchev–Trinajstić information content (AvgIpc) is 3.50. The molecule has 4 heterocycles. The summed E-state index contributed by atoms with van der Waals surface area (Å²) in [6, 6.07) is 15.2. The maximum atomic E-state index is 12.7. The van der Waals surface area contributed by atoms with Gasteiger partial charge in [0.15, 0.2) is 6.73 Å². The molecule has 0 bridgehead atoms. The number of hydrogen-bond donors (Lipinski definition) is 1. The molecule has 6 rings (SSSR count). The fourth-order valence-electron chi connectivity index (χ4n) is 6.10. The number of hydrogen-bond acceptors (Lipinski definition) is 8. The van der Waals surface area contributed by atoms with Crippen LogP contribution in [0.1, 0.15) is 44.1 Å². The maximum absolute atomic E-state index is 12.7. The highest BCUT2D eigenvalue weighted by Gasteiger charge is 2.28. The van der Waals surface area contributed by atoms with Gasteiger partial charge < -0.3 is 24.4 Å². The van der Waals surface area contributed by atoms with Gasteiger partial charge in [0.2, 0.25) is 5.91 Å². The Labute approximate surface area is 245 Å². The fourth-order valence-corrected chi connectivity index (χ4v) is 6.91. The number of ether oxygens (including phenoxy) is 3. The second kappa shape index (κ2) is 13.2. The first-order valence-electron chi connectivity index (χ1n) is 14.9. The third-order valence-electron chi connectivity index (χ3n) is 8.43. The van der Waals surface area contributed by atoms with Crippen LogP contribution >= 0.6 is 11.3 Å². The van der Waals surface area contributed by atoms with E-state index in [-0.39, 0.29) is 24.5 Å². The third-order valence-corrected chi connectivity index (χ3v) is 9.31. The number of benzene rings is 2. The van der Waals surface area contributed by atoms with Crippen molar-refractivity contribution in [1.82, 2.24) is 5.32 Å². The van der Waals surface area contributed by atoms with E-state index < -0.39 is 0 Å². The Kier molecular flexibility index (Phi) is 9.03. The van der Waals surface area contributed by atoms with E-state index in [4.69, 9.17) is 14.2 Å². The second-order valence-electron chi connectivity index (χ2n) is 11.1. The summed E-state index contributed by atoms with van der Waals surface area (Å²) in [5.74, 6) is 0.309. The van der Waals surface area contributed by atoms with Crippen molar-refractivity contribution in [1.29, 1.82) is 0 Å². The maximum Gasteiger partial charge on any atom is 0.310 e. The van der Waals surface area contributed by atoms with Gasteiger partial charge in [0, 0.05) is 67.2 Å². The topological polar surface area (TPSA) is 80.3 Å². The molecule has 3 aliphatic heterocycles. The van der Waals surface area contributed by atoms with Gasteiger partial charge in [-0.3, -0.25) is 14.5 Å². The number of rotatable bonds is 10. The van der Waals surface area contributed by atoms with E-state index in [2.05, 4.69) is 39.9 Å². The molecule has 0 radical (unpaired) electrons. The molecule has 218 valence electrons. The number of piperazine rings is 1. The Hall–Kier alpha value is -3.14. The number of fused-ring (bicyclic) bond motifs is 2. The average molecular weight is 578 g/mol. The summed E-state index contributed by atoms with van der Waals surface area (Å²) in [7, 11) is 0. The number of nitrogens with zero attached hydrogens (tertiary/aromatic N) is 2. The number of anilines is 2. The zero-order chi connectivity index (χ0) is 28.0. The highest BCUT2D eigenvalue weighted by Crippen LogP contribution is 2.33. The van der Waals surface area contributed by atoms with Crippen LogP contribution in [0.25, 0.3) is 10.1 Å². The van der Waals surface area contributed by atoms with Gasteiger partial charge in [-0.05, 0) is 73.7 Å². The lowest BCUT2D eigenvalue weighted by Gasteiger charge is -2.35. The van der Waals surface area contributed by atoms with Gasteiger partial charge in [0.1, 0.15) is 5.75 Å². The molecule has 1 amide bonds. The number of thiophene rings is 1. The van der Waals surface area contributed by atoms with Gasteiger partial charge in [0.25, 0.3) is 0 Å². The van der Waals surface area contributed by atoms with Gasteiger partial charge in [-0.25, -0.2) is 0 Å². The lowest BCUT2D eigenvalue weighted by molar-refractivity contribution is -0.152. The first kappa shape index (κ1) is 28.0. The van der Waals surface area contributed by atoms with Crippen molar-refractivity contribution >= 4 is 44.7 Å². The number of carbonyl (C=O) groups is 2. The van der Waals surface area contributed by atoms with Crippen LogP contribution in [0, 0.1) is 5.92 Å². The lowest BCUT2D eigenvalue weighted by atomic mass is 10.0. The summed E-state index contributed by atoms with van der Waals surface area (Å²) < 4.78 is 18.4. The van der Waals surface area contributed by atoms with Crippen molar-refractivity contribution in [3.8, 4) is 5.75 Å². The predicted octanol–water partition coefficient (Wildman–Crippen LogP) is 5.14. The summed E-state index contributed by atoms with van der Waals surface area (Å²) in [5.41, 5.74) is 3.20. The molecule has 1 unspecified atom stereocenters. The smallest absolute Gasteiger partial charge is 0.310 e. The Morgan fingerprint density at radius 2 is 1.98 bits per heavy atom. The van der Waals surface area contributed by atoms with Crippen LogP contribution in [0.15, 0.2) is 47.8 Å². The Bertz CT molecular complexity index is 1350. The molecule has 1 N–H and O–H groups in total. The Balaban J connectivity index is 0.975. The minimum Gasteiger partial charge on any atom is -0.494 e. The molecule has 0 spiro atoms. The second-order valence-corrected chi connectivity index (χ2v) is 12.1. The highest BCUT2D eigenvalue weighted by atomic mass is 32.1. The minimum absolute atomic E-state index is 0.0290. The molecular formula is C32H39N3O5S. The molecule has 2 fully saturated rings. The molecule has 0 aliphatic carbocycles. The third kappa shape index (κ3) is 6.68. The van der Waals surface area contributed by atoms with Crippen molar-refractivity contribution < 1.29 is 23.8 Å². The molecule has 41 heavy (non-hydrogen) atoms. The molecule has 1 aromatic heterocycles. The van der Waals surface area contributed by atoms with Crippen molar-refractivity contribution in [3.63, 3.8) is 0 Å². The standard InChI is InChI=1S/C32H39N3O5S/c36-31-10-8-23-7-9-26(20-29(23)35(31)22-40-32(37)24-11-17-38-18-12-24)39-16-2-1-4-25-21-34(15-14-33-25)28-5-3-6-30-27(28)13-19-41-30/h3,5-7,9,13,19-20,24-25,33H,1-2,4,8,10-12,14-18,21-22H2.